The third-order valence-corrected chi connectivity index (χ3v) is 8.76. The first-order valence-electron chi connectivity index (χ1n) is 12.7. The van der Waals surface area contributed by atoms with Gasteiger partial charge in [-0.05, 0) is 56.6 Å². The van der Waals surface area contributed by atoms with Crippen LogP contribution < -0.4 is 10.1 Å². The van der Waals surface area contributed by atoms with Crippen LogP contribution in [0.15, 0.2) is 12.3 Å². The van der Waals surface area contributed by atoms with Crippen molar-refractivity contribution in [3.8, 4) is 11.6 Å². The zero-order valence-corrected chi connectivity index (χ0v) is 23.0. The number of alkyl halides is 5. The van der Waals surface area contributed by atoms with Gasteiger partial charge in [0.25, 0.3) is 5.91 Å². The minimum absolute atomic E-state index is 0.0521. The Labute approximate surface area is 224 Å². The topological polar surface area (TPSA) is 103 Å². The first-order valence-corrected chi connectivity index (χ1v) is 14.6. The third-order valence-electron chi connectivity index (χ3n) is 7.08. The van der Waals surface area contributed by atoms with Crippen LogP contribution in [-0.2, 0) is 22.7 Å². The molecule has 0 aromatic carbocycles. The molecular weight excluding hydrogens is 547 g/mol. The number of nitrogens with one attached hydrogen (secondary N) is 1. The van der Waals surface area contributed by atoms with E-state index < -0.39 is 46.6 Å². The van der Waals surface area contributed by atoms with E-state index in [1.165, 1.54) is 17.0 Å². The van der Waals surface area contributed by atoms with Gasteiger partial charge in [-0.3, -0.25) is 9.36 Å². The smallest absolute Gasteiger partial charge is 0.391 e. The van der Waals surface area contributed by atoms with E-state index in [1.54, 1.807) is 13.8 Å². The Hall–Kier alpha value is -2.77. The summed E-state index contributed by atoms with van der Waals surface area (Å²) in [7, 11) is -3.10. The van der Waals surface area contributed by atoms with Crippen molar-refractivity contribution in [1.82, 2.24) is 19.9 Å². The molecule has 0 aliphatic heterocycles. The average molecular weight is 581 g/mol. The van der Waals surface area contributed by atoms with Gasteiger partial charge in [0.05, 0.1) is 16.9 Å². The van der Waals surface area contributed by atoms with E-state index >= 15 is 0 Å². The molecule has 2 heterocycles. The van der Waals surface area contributed by atoms with Gasteiger partial charge in [-0.1, -0.05) is 13.8 Å². The zero-order chi connectivity index (χ0) is 29.1. The van der Waals surface area contributed by atoms with E-state index in [2.05, 4.69) is 20.0 Å². The van der Waals surface area contributed by atoms with Crippen LogP contribution in [-0.4, -0.2) is 59.7 Å². The highest BCUT2D eigenvalue weighted by Gasteiger charge is 2.36. The summed E-state index contributed by atoms with van der Waals surface area (Å²) >= 11 is 0. The summed E-state index contributed by atoms with van der Waals surface area (Å²) < 4.78 is 95.1. The number of rotatable bonds is 10. The summed E-state index contributed by atoms with van der Waals surface area (Å²) in [5.74, 6) is -2.31. The number of carbonyl (C=O) groups is 1. The van der Waals surface area contributed by atoms with E-state index in [4.69, 9.17) is 0 Å². The number of hydrogen-bond acceptors (Lipinski definition) is 6. The molecule has 14 heteroatoms. The molecule has 0 radical (unpaired) electrons. The summed E-state index contributed by atoms with van der Waals surface area (Å²) in [6, 6.07) is 1.10. The standard InChI is InChI=1S/C25H33F5N4O4S/c1-5-20-33-21(23(35)32-12-16-6-8-18(9-7-16)39(4,36)37)15(3)34(20)22-19(38-24(26)27)11-17(13-31-22)10-14(2)25(28,29)30/h11,13-14,16,18,24H,5-10,12H2,1-4H3,(H,32,35)/t14-,16-,18-/m0/s1. The van der Waals surface area contributed by atoms with Crippen molar-refractivity contribution in [2.75, 3.05) is 12.8 Å². The molecule has 1 saturated carbocycles. The molecule has 3 rings (SSSR count). The summed E-state index contributed by atoms with van der Waals surface area (Å²) in [4.78, 5) is 21.5. The molecule has 0 bridgehead atoms. The SMILES string of the molecule is CCc1nc(C(=O)NC[C@H]2CC[C@H](S(C)(=O)=O)CC2)c(C)n1-c1ncc(C[C@H](C)C(F)(F)F)cc1OC(F)F. The van der Waals surface area contributed by atoms with Crippen LogP contribution in [0, 0.1) is 18.8 Å². The number of ether oxygens (including phenoxy) is 1. The van der Waals surface area contributed by atoms with Gasteiger partial charge >= 0.3 is 12.8 Å². The Morgan fingerprint density at radius 3 is 2.41 bits per heavy atom. The number of hydrogen-bond donors (Lipinski definition) is 1. The summed E-state index contributed by atoms with van der Waals surface area (Å²) in [6.45, 7) is 1.36. The third kappa shape index (κ3) is 7.67. The molecular formula is C25H33F5N4O4S. The van der Waals surface area contributed by atoms with Gasteiger partial charge in [0.1, 0.15) is 21.4 Å². The lowest BCUT2D eigenvalue weighted by molar-refractivity contribution is -0.169. The van der Waals surface area contributed by atoms with Crippen molar-refractivity contribution in [3.63, 3.8) is 0 Å². The van der Waals surface area contributed by atoms with Crippen LogP contribution in [0.4, 0.5) is 22.0 Å². The van der Waals surface area contributed by atoms with Gasteiger partial charge in [0.2, 0.25) is 0 Å². The molecule has 2 aromatic heterocycles. The van der Waals surface area contributed by atoms with Crippen LogP contribution in [0.5, 0.6) is 5.75 Å². The van der Waals surface area contributed by atoms with Crippen LogP contribution in [0.2, 0.25) is 0 Å². The fraction of sp³-hybridized carbons (Fsp3) is 0.640. The number of carbonyl (C=O) groups excluding carboxylic acids is 1. The maximum absolute atomic E-state index is 13.2. The molecule has 0 saturated heterocycles. The number of imidazole rings is 1. The second-order valence-electron chi connectivity index (χ2n) is 10.0. The second kappa shape index (κ2) is 12.2. The number of aromatic nitrogens is 3. The number of amides is 1. The van der Waals surface area contributed by atoms with E-state index in [0.29, 0.717) is 50.2 Å². The molecule has 1 aliphatic carbocycles. The number of nitrogens with zero attached hydrogens (tertiary/aromatic N) is 3. The molecule has 218 valence electrons. The van der Waals surface area contributed by atoms with E-state index in [0.717, 1.165) is 13.0 Å². The van der Waals surface area contributed by atoms with Gasteiger partial charge < -0.3 is 10.1 Å². The van der Waals surface area contributed by atoms with Crippen molar-refractivity contribution in [2.24, 2.45) is 11.8 Å². The van der Waals surface area contributed by atoms with Crippen molar-refractivity contribution in [2.45, 2.75) is 77.3 Å². The lowest BCUT2D eigenvalue weighted by Gasteiger charge is -2.27. The Morgan fingerprint density at radius 2 is 1.87 bits per heavy atom. The number of pyridine rings is 1. The minimum Gasteiger partial charge on any atom is -0.431 e. The lowest BCUT2D eigenvalue weighted by Crippen LogP contribution is -2.34. The lowest BCUT2D eigenvalue weighted by atomic mass is 9.89. The molecule has 1 atom stereocenters. The molecule has 2 aromatic rings. The number of sulfone groups is 1. The van der Waals surface area contributed by atoms with E-state index in [-0.39, 0.29) is 28.2 Å². The monoisotopic (exact) mass is 580 g/mol. The summed E-state index contributed by atoms with van der Waals surface area (Å²) in [5, 5.41) is 2.46. The van der Waals surface area contributed by atoms with E-state index in [9.17, 15) is 35.2 Å². The predicted octanol–water partition coefficient (Wildman–Crippen LogP) is 4.81. The van der Waals surface area contributed by atoms with Gasteiger partial charge in [-0.2, -0.15) is 22.0 Å². The molecule has 1 fully saturated rings. The van der Waals surface area contributed by atoms with Crippen LogP contribution in [0.3, 0.4) is 0 Å². The molecule has 1 amide bonds. The largest absolute Gasteiger partial charge is 0.431 e. The van der Waals surface area contributed by atoms with Crippen LogP contribution >= 0.6 is 0 Å². The summed E-state index contributed by atoms with van der Waals surface area (Å²) in [6.07, 6.45) is 0.133. The summed E-state index contributed by atoms with van der Waals surface area (Å²) in [5.41, 5.74) is 0.419. The number of halogens is 5. The average Bonchev–Trinajstić information content (AvgIpc) is 3.17. The first kappa shape index (κ1) is 30.8. The Balaban J connectivity index is 1.83. The van der Waals surface area contributed by atoms with Crippen molar-refractivity contribution < 1.29 is 39.9 Å². The molecule has 1 aliphatic rings. The Kier molecular flexibility index (Phi) is 9.60. The quantitative estimate of drug-likeness (QED) is 0.405. The van der Waals surface area contributed by atoms with Crippen molar-refractivity contribution in [3.05, 3.63) is 35.0 Å². The predicted molar refractivity (Wildman–Crippen MR) is 134 cm³/mol. The van der Waals surface area contributed by atoms with Crippen LogP contribution in [0.25, 0.3) is 5.82 Å². The number of aryl methyl sites for hydroxylation is 1. The molecule has 1 N–H and O–H groups in total. The zero-order valence-electron chi connectivity index (χ0n) is 22.2. The van der Waals surface area contributed by atoms with Crippen LogP contribution in [0.1, 0.15) is 67.1 Å². The highest BCUT2D eigenvalue weighted by Crippen LogP contribution is 2.32. The van der Waals surface area contributed by atoms with Crippen molar-refractivity contribution >= 4 is 15.7 Å². The Morgan fingerprint density at radius 1 is 1.23 bits per heavy atom. The fourth-order valence-corrected chi connectivity index (χ4v) is 5.92. The highest BCUT2D eigenvalue weighted by molar-refractivity contribution is 7.91. The normalized spacial score (nSPS) is 19.2. The second-order valence-corrected chi connectivity index (χ2v) is 12.3. The molecule has 0 unspecified atom stereocenters. The molecule has 8 nitrogen and oxygen atoms in total. The maximum atomic E-state index is 13.2. The van der Waals surface area contributed by atoms with Crippen molar-refractivity contribution in [1.29, 1.82) is 0 Å². The van der Waals surface area contributed by atoms with Gasteiger partial charge in [0, 0.05) is 25.4 Å². The molecule has 39 heavy (non-hydrogen) atoms. The first-order chi connectivity index (χ1) is 18.1. The fourth-order valence-electron chi connectivity index (χ4n) is 4.79. The van der Waals surface area contributed by atoms with Gasteiger partial charge in [0.15, 0.2) is 11.6 Å². The maximum Gasteiger partial charge on any atom is 0.391 e. The highest BCUT2D eigenvalue weighted by atomic mass is 32.2. The minimum atomic E-state index is -4.46. The van der Waals surface area contributed by atoms with Gasteiger partial charge in [-0.15, -0.1) is 0 Å². The van der Waals surface area contributed by atoms with Gasteiger partial charge in [-0.25, -0.2) is 18.4 Å². The van der Waals surface area contributed by atoms with E-state index in [1.807, 2.05) is 0 Å². The molecule has 0 spiro atoms. The Bertz CT molecular complexity index is 1270.